The van der Waals surface area contributed by atoms with Crippen molar-refractivity contribution in [1.82, 2.24) is 4.90 Å². The van der Waals surface area contributed by atoms with Crippen LogP contribution in [0.15, 0.2) is 53.1 Å². The fourth-order valence-electron chi connectivity index (χ4n) is 3.17. The molecule has 128 valence electrons. The molecular formula is C19H24N2O3. The number of aliphatic hydroxyl groups is 1. The number of furan rings is 1. The summed E-state index contributed by atoms with van der Waals surface area (Å²) in [6, 6.07) is 13.4. The van der Waals surface area contributed by atoms with Crippen LogP contribution in [0.4, 0.5) is 5.69 Å². The molecule has 3 rings (SSSR count). The van der Waals surface area contributed by atoms with Gasteiger partial charge in [0.2, 0.25) is 5.91 Å². The number of nitrogens with zero attached hydrogens (tertiary/aromatic N) is 2. The Morgan fingerprint density at radius 2 is 2.12 bits per heavy atom. The van der Waals surface area contributed by atoms with Crippen LogP contribution in [-0.4, -0.2) is 41.7 Å². The molecule has 24 heavy (non-hydrogen) atoms. The van der Waals surface area contributed by atoms with Gasteiger partial charge in [0.1, 0.15) is 5.76 Å². The van der Waals surface area contributed by atoms with Crippen LogP contribution >= 0.6 is 0 Å². The van der Waals surface area contributed by atoms with Crippen LogP contribution < -0.4 is 4.90 Å². The second-order valence-corrected chi connectivity index (χ2v) is 6.42. The molecule has 2 heterocycles. The van der Waals surface area contributed by atoms with E-state index in [1.54, 1.807) is 11.2 Å². The van der Waals surface area contributed by atoms with Crippen molar-refractivity contribution in [2.24, 2.45) is 5.92 Å². The van der Waals surface area contributed by atoms with E-state index >= 15 is 0 Å². The van der Waals surface area contributed by atoms with Crippen LogP contribution in [0.3, 0.4) is 0 Å². The van der Waals surface area contributed by atoms with E-state index in [-0.39, 0.29) is 17.9 Å². The number of benzene rings is 1. The van der Waals surface area contributed by atoms with E-state index in [1.807, 2.05) is 49.4 Å². The molecule has 2 atom stereocenters. The van der Waals surface area contributed by atoms with E-state index in [2.05, 4.69) is 4.90 Å². The second-order valence-electron chi connectivity index (χ2n) is 6.42. The normalized spacial score (nSPS) is 19.3. The molecule has 2 aromatic rings. The first-order valence-electron chi connectivity index (χ1n) is 8.41. The Labute approximate surface area is 142 Å². The average molecular weight is 328 g/mol. The van der Waals surface area contributed by atoms with Gasteiger partial charge in [0.15, 0.2) is 0 Å². The van der Waals surface area contributed by atoms with Crippen molar-refractivity contribution in [1.29, 1.82) is 0 Å². The molecule has 0 radical (unpaired) electrons. The van der Waals surface area contributed by atoms with Gasteiger partial charge in [-0.1, -0.05) is 18.2 Å². The third-order valence-corrected chi connectivity index (χ3v) is 4.61. The van der Waals surface area contributed by atoms with Gasteiger partial charge in [-0.2, -0.15) is 0 Å². The lowest BCUT2D eigenvalue weighted by Crippen LogP contribution is -2.39. The van der Waals surface area contributed by atoms with Gasteiger partial charge in [0.05, 0.1) is 25.5 Å². The summed E-state index contributed by atoms with van der Waals surface area (Å²) in [5.41, 5.74) is 0.866. The van der Waals surface area contributed by atoms with Crippen LogP contribution in [0.2, 0.25) is 0 Å². The maximum atomic E-state index is 12.9. The van der Waals surface area contributed by atoms with Gasteiger partial charge in [-0.15, -0.1) is 0 Å². The molecule has 0 aliphatic carbocycles. The van der Waals surface area contributed by atoms with Crippen molar-refractivity contribution in [2.75, 3.05) is 24.5 Å². The van der Waals surface area contributed by atoms with Gasteiger partial charge >= 0.3 is 0 Å². The van der Waals surface area contributed by atoms with Gasteiger partial charge < -0.3 is 14.4 Å². The third-order valence-electron chi connectivity index (χ3n) is 4.61. The zero-order chi connectivity index (χ0) is 16.9. The molecule has 5 heteroatoms. The molecule has 0 spiro atoms. The first-order chi connectivity index (χ1) is 11.6. The standard InChI is InChI=1S/C19H24N2O3/c1-15(22)16-9-10-20(12-16)14-19(23)21(13-18-8-5-11-24-18)17-6-3-2-4-7-17/h2-8,11,15-16,22H,9-10,12-14H2,1H3. The van der Waals surface area contributed by atoms with E-state index < -0.39 is 0 Å². The highest BCUT2D eigenvalue weighted by molar-refractivity contribution is 5.94. The molecule has 0 bridgehead atoms. The maximum Gasteiger partial charge on any atom is 0.241 e. The molecule has 1 fully saturated rings. The summed E-state index contributed by atoms with van der Waals surface area (Å²) in [6.07, 6.45) is 2.24. The molecule has 1 amide bonds. The Kier molecular flexibility index (Phi) is 5.33. The summed E-state index contributed by atoms with van der Waals surface area (Å²) in [6.45, 7) is 4.23. The maximum absolute atomic E-state index is 12.9. The number of anilines is 1. The number of carbonyl (C=O) groups excluding carboxylic acids is 1. The predicted molar refractivity (Wildman–Crippen MR) is 92.6 cm³/mol. The Morgan fingerprint density at radius 3 is 2.75 bits per heavy atom. The number of para-hydroxylation sites is 1. The summed E-state index contributed by atoms with van der Waals surface area (Å²) >= 11 is 0. The highest BCUT2D eigenvalue weighted by atomic mass is 16.3. The van der Waals surface area contributed by atoms with Gasteiger partial charge in [-0.05, 0) is 50.1 Å². The SMILES string of the molecule is CC(O)C1CCN(CC(=O)N(Cc2ccco2)c2ccccc2)C1. The number of rotatable bonds is 6. The fraction of sp³-hybridized carbons (Fsp3) is 0.421. The fourth-order valence-corrected chi connectivity index (χ4v) is 3.17. The lowest BCUT2D eigenvalue weighted by atomic mass is 10.0. The lowest BCUT2D eigenvalue weighted by Gasteiger charge is -2.25. The first kappa shape index (κ1) is 16.7. The third kappa shape index (κ3) is 4.04. The summed E-state index contributed by atoms with van der Waals surface area (Å²) in [7, 11) is 0. The van der Waals surface area contributed by atoms with Crippen molar-refractivity contribution in [3.63, 3.8) is 0 Å². The monoisotopic (exact) mass is 328 g/mol. The van der Waals surface area contributed by atoms with Crippen molar-refractivity contribution < 1.29 is 14.3 Å². The smallest absolute Gasteiger partial charge is 0.241 e. The Hall–Kier alpha value is -2.11. The van der Waals surface area contributed by atoms with Gasteiger partial charge in [-0.3, -0.25) is 9.69 Å². The number of hydrogen-bond donors (Lipinski definition) is 1. The van der Waals surface area contributed by atoms with Gasteiger partial charge in [0.25, 0.3) is 0 Å². The number of carbonyl (C=O) groups is 1. The molecule has 5 nitrogen and oxygen atoms in total. The van der Waals surface area contributed by atoms with Crippen LogP contribution in [0.25, 0.3) is 0 Å². The molecule has 1 aromatic heterocycles. The molecule has 2 unspecified atom stereocenters. The van der Waals surface area contributed by atoms with E-state index in [0.29, 0.717) is 13.1 Å². The molecule has 0 saturated carbocycles. The average Bonchev–Trinajstić information content (AvgIpc) is 3.25. The summed E-state index contributed by atoms with van der Waals surface area (Å²) < 4.78 is 5.41. The highest BCUT2D eigenvalue weighted by Gasteiger charge is 2.28. The molecular weight excluding hydrogens is 304 g/mol. The Bertz CT molecular complexity index is 640. The van der Waals surface area contributed by atoms with Crippen LogP contribution in [0.5, 0.6) is 0 Å². The van der Waals surface area contributed by atoms with Crippen molar-refractivity contribution in [2.45, 2.75) is 26.0 Å². The lowest BCUT2D eigenvalue weighted by molar-refractivity contribution is -0.119. The highest BCUT2D eigenvalue weighted by Crippen LogP contribution is 2.22. The van der Waals surface area contributed by atoms with E-state index in [0.717, 1.165) is 31.0 Å². The van der Waals surface area contributed by atoms with Gasteiger partial charge in [-0.25, -0.2) is 0 Å². The quantitative estimate of drug-likeness (QED) is 0.885. The number of amides is 1. The molecule has 1 saturated heterocycles. The van der Waals surface area contributed by atoms with Crippen LogP contribution in [0, 0.1) is 5.92 Å². The minimum atomic E-state index is -0.321. The molecule has 1 aromatic carbocycles. The van der Waals surface area contributed by atoms with E-state index in [1.165, 1.54) is 0 Å². The Balaban J connectivity index is 1.70. The number of likely N-dealkylation sites (tertiary alicyclic amines) is 1. The Morgan fingerprint density at radius 1 is 1.33 bits per heavy atom. The summed E-state index contributed by atoms with van der Waals surface area (Å²) in [5.74, 6) is 1.06. The topological polar surface area (TPSA) is 56.9 Å². The minimum Gasteiger partial charge on any atom is -0.467 e. The van der Waals surface area contributed by atoms with Crippen molar-refractivity contribution >= 4 is 11.6 Å². The molecule has 1 aliphatic heterocycles. The van der Waals surface area contributed by atoms with Crippen molar-refractivity contribution in [3.8, 4) is 0 Å². The van der Waals surface area contributed by atoms with Crippen molar-refractivity contribution in [3.05, 3.63) is 54.5 Å². The van der Waals surface area contributed by atoms with E-state index in [4.69, 9.17) is 4.42 Å². The first-order valence-corrected chi connectivity index (χ1v) is 8.41. The summed E-state index contributed by atoms with van der Waals surface area (Å²) in [4.78, 5) is 16.8. The predicted octanol–water partition coefficient (Wildman–Crippen LogP) is 2.52. The van der Waals surface area contributed by atoms with Crippen LogP contribution in [0.1, 0.15) is 19.1 Å². The number of hydrogen-bond acceptors (Lipinski definition) is 4. The van der Waals surface area contributed by atoms with Gasteiger partial charge in [0, 0.05) is 12.2 Å². The minimum absolute atomic E-state index is 0.0452. The van der Waals surface area contributed by atoms with E-state index in [9.17, 15) is 9.90 Å². The molecule has 1 aliphatic rings. The zero-order valence-corrected chi connectivity index (χ0v) is 14.0. The second kappa shape index (κ2) is 7.64. The zero-order valence-electron chi connectivity index (χ0n) is 14.0. The number of aliphatic hydroxyl groups excluding tert-OH is 1. The summed E-state index contributed by atoms with van der Waals surface area (Å²) in [5, 5.41) is 9.73. The molecule has 1 N–H and O–H groups in total. The van der Waals surface area contributed by atoms with Crippen LogP contribution in [-0.2, 0) is 11.3 Å². The largest absolute Gasteiger partial charge is 0.467 e.